The van der Waals surface area contributed by atoms with Gasteiger partial charge < -0.3 is 14.9 Å². The van der Waals surface area contributed by atoms with Gasteiger partial charge in [0.1, 0.15) is 23.7 Å². The first-order valence-corrected chi connectivity index (χ1v) is 18.5. The molecule has 4 aromatic carbocycles. The molecular formula is C46H51NO3. The number of allylic oxidation sites excluding steroid dienone is 1. The van der Waals surface area contributed by atoms with Gasteiger partial charge >= 0.3 is 0 Å². The second kappa shape index (κ2) is 14.1. The molecule has 3 aliphatic rings. The van der Waals surface area contributed by atoms with Gasteiger partial charge in [-0.1, -0.05) is 92.6 Å². The van der Waals surface area contributed by atoms with Crippen LogP contribution in [0.2, 0.25) is 0 Å². The molecule has 3 aliphatic carbocycles. The van der Waals surface area contributed by atoms with Crippen LogP contribution in [0.4, 0.5) is 0 Å². The van der Waals surface area contributed by atoms with E-state index in [9.17, 15) is 10.2 Å². The lowest BCUT2D eigenvalue weighted by molar-refractivity contribution is -0.0648. The van der Waals surface area contributed by atoms with Crippen molar-refractivity contribution in [2.45, 2.75) is 76.9 Å². The maximum Gasteiger partial charge on any atom is 0.130 e. The van der Waals surface area contributed by atoms with Crippen molar-refractivity contribution in [2.24, 2.45) is 17.3 Å². The number of likely N-dealkylation sites (N-methyl/N-ethyl adjacent to an activating group) is 1. The third kappa shape index (κ3) is 6.27. The summed E-state index contributed by atoms with van der Waals surface area (Å²) in [5, 5.41) is 22.1. The molecule has 2 fully saturated rings. The Morgan fingerprint density at radius 2 is 1.58 bits per heavy atom. The number of terminal acetylenes is 1. The van der Waals surface area contributed by atoms with Gasteiger partial charge in [-0.2, -0.15) is 0 Å². The van der Waals surface area contributed by atoms with Gasteiger partial charge in [0, 0.05) is 18.5 Å². The van der Waals surface area contributed by atoms with E-state index >= 15 is 0 Å². The summed E-state index contributed by atoms with van der Waals surface area (Å²) in [6, 6.07) is 33.8. The maximum atomic E-state index is 11.4. The molecule has 0 amide bonds. The number of hydrogen-bond acceptors (Lipinski definition) is 4. The fourth-order valence-electron chi connectivity index (χ4n) is 9.89. The van der Waals surface area contributed by atoms with E-state index in [1.807, 2.05) is 12.1 Å². The molecule has 0 aliphatic heterocycles. The first kappa shape index (κ1) is 34.2. The third-order valence-corrected chi connectivity index (χ3v) is 12.4. The van der Waals surface area contributed by atoms with E-state index in [0.717, 1.165) is 57.4 Å². The lowest BCUT2D eigenvalue weighted by atomic mass is 9.53. The van der Waals surface area contributed by atoms with Crippen molar-refractivity contribution in [1.82, 2.24) is 4.90 Å². The number of benzene rings is 4. The van der Waals surface area contributed by atoms with Crippen LogP contribution in [-0.4, -0.2) is 40.9 Å². The van der Waals surface area contributed by atoms with E-state index in [2.05, 4.69) is 117 Å². The van der Waals surface area contributed by atoms with Gasteiger partial charge in [-0.25, -0.2) is 0 Å². The van der Waals surface area contributed by atoms with E-state index < -0.39 is 5.60 Å². The molecule has 0 radical (unpaired) electrons. The van der Waals surface area contributed by atoms with Crippen LogP contribution in [0.1, 0.15) is 91.7 Å². The zero-order chi connectivity index (χ0) is 34.9. The molecule has 5 atom stereocenters. The first-order chi connectivity index (χ1) is 24.2. The average molecular weight is 666 g/mol. The Hall–Kier alpha value is -4.30. The van der Waals surface area contributed by atoms with E-state index in [0.29, 0.717) is 36.5 Å². The van der Waals surface area contributed by atoms with Crippen LogP contribution in [-0.2, 0) is 13.0 Å². The van der Waals surface area contributed by atoms with E-state index in [1.165, 1.54) is 44.5 Å². The molecule has 4 nitrogen and oxygen atoms in total. The summed E-state index contributed by atoms with van der Waals surface area (Å²) < 4.78 is 6.29. The predicted molar refractivity (Wildman–Crippen MR) is 204 cm³/mol. The van der Waals surface area contributed by atoms with E-state index in [-0.39, 0.29) is 5.41 Å². The molecule has 258 valence electrons. The molecule has 50 heavy (non-hydrogen) atoms. The summed E-state index contributed by atoms with van der Waals surface area (Å²) in [5.41, 5.74) is 8.95. The first-order valence-electron chi connectivity index (χ1n) is 18.5. The summed E-state index contributed by atoms with van der Waals surface area (Å²) in [5.74, 6) is 5.41. The molecule has 7 rings (SSSR count). The van der Waals surface area contributed by atoms with Gasteiger partial charge in [0.25, 0.3) is 0 Å². The number of nitrogens with zero attached hydrogens (tertiary/aromatic N) is 1. The number of phenolic OH excluding ortho intramolecular Hbond substituents is 1. The number of aliphatic hydroxyl groups is 1. The van der Waals surface area contributed by atoms with E-state index in [1.54, 1.807) is 0 Å². The van der Waals surface area contributed by atoms with Gasteiger partial charge in [0.2, 0.25) is 0 Å². The van der Waals surface area contributed by atoms with Crippen LogP contribution >= 0.6 is 0 Å². The molecule has 2 N–H and O–H groups in total. The Morgan fingerprint density at radius 3 is 2.26 bits per heavy atom. The molecule has 0 heterocycles. The molecule has 0 aromatic heterocycles. The highest BCUT2D eigenvalue weighted by molar-refractivity contribution is 5.98. The Kier molecular flexibility index (Phi) is 9.66. The van der Waals surface area contributed by atoms with Crippen molar-refractivity contribution in [3.63, 3.8) is 0 Å². The van der Waals surface area contributed by atoms with Crippen molar-refractivity contribution in [3.8, 4) is 23.8 Å². The van der Waals surface area contributed by atoms with Crippen molar-refractivity contribution in [1.29, 1.82) is 0 Å². The smallest absolute Gasteiger partial charge is 0.130 e. The Bertz CT molecular complexity index is 1870. The zero-order valence-electron chi connectivity index (χ0n) is 29.9. The molecule has 0 spiro atoms. The van der Waals surface area contributed by atoms with Gasteiger partial charge in [0.05, 0.1) is 0 Å². The minimum Gasteiger partial charge on any atom is -0.508 e. The molecule has 1 unspecified atom stereocenters. The van der Waals surface area contributed by atoms with Gasteiger partial charge in [-0.05, 0) is 139 Å². The normalized spacial score (nSPS) is 26.0. The fourth-order valence-corrected chi connectivity index (χ4v) is 9.89. The Morgan fingerprint density at radius 1 is 0.900 bits per heavy atom. The minimum atomic E-state index is -0.997. The predicted octanol–water partition coefficient (Wildman–Crippen LogP) is 9.49. The molecular weight excluding hydrogens is 615 g/mol. The van der Waals surface area contributed by atoms with Crippen LogP contribution < -0.4 is 4.74 Å². The molecule has 2 saturated carbocycles. The number of fused-ring (bicyclic) bond motifs is 5. The van der Waals surface area contributed by atoms with Crippen LogP contribution in [0.25, 0.3) is 11.1 Å². The van der Waals surface area contributed by atoms with Crippen molar-refractivity contribution in [2.75, 3.05) is 20.2 Å². The molecule has 4 heteroatoms. The monoisotopic (exact) mass is 665 g/mol. The number of hydrogen-bond donors (Lipinski definition) is 2. The fraction of sp³-hybridized carbons (Fsp3) is 0.391. The highest BCUT2D eigenvalue weighted by Gasteiger charge is 2.61. The molecule has 4 aromatic rings. The number of ether oxygens (including phenoxy) is 1. The largest absolute Gasteiger partial charge is 0.508 e. The van der Waals surface area contributed by atoms with Crippen LogP contribution in [0.15, 0.2) is 97.1 Å². The third-order valence-electron chi connectivity index (χ3n) is 12.4. The summed E-state index contributed by atoms with van der Waals surface area (Å²) in [7, 11) is 2.14. The highest BCUT2D eigenvalue weighted by Crippen LogP contribution is 2.64. The number of phenols is 1. The standard InChI is InChI=1S/C46H51NO3/c1-5-39(32-13-9-7-10-14-32)43(33-15-11-8-12-16-33)34-17-20-38(21-18-34)50-28-27-47(4)31-36-30-37(48)29-35-19-22-40-41(44(35)36)23-25-45(3)42(40)24-26-46(45,49)6-2/h2,7-18,20-21,29-30,40-42,48-49H,5,19,22-28,31H2,1,3-4H3/b43-39-/t40-,41+,42+,45?,46+/m1/s1. The molecule has 0 saturated heterocycles. The average Bonchev–Trinajstić information content (AvgIpc) is 3.41. The van der Waals surface area contributed by atoms with Crippen molar-refractivity contribution < 1.29 is 14.9 Å². The topological polar surface area (TPSA) is 52.9 Å². The zero-order valence-corrected chi connectivity index (χ0v) is 29.9. The van der Waals surface area contributed by atoms with Gasteiger partial charge in [-0.15, -0.1) is 6.42 Å². The quantitative estimate of drug-likeness (QED) is 0.131. The number of aromatic hydroxyl groups is 1. The van der Waals surface area contributed by atoms with Crippen molar-refractivity contribution in [3.05, 3.63) is 130 Å². The van der Waals surface area contributed by atoms with Crippen molar-refractivity contribution >= 4 is 11.1 Å². The number of aryl methyl sites for hydroxylation is 1. The summed E-state index contributed by atoms with van der Waals surface area (Å²) >= 11 is 0. The van der Waals surface area contributed by atoms with Crippen LogP contribution in [0, 0.1) is 29.6 Å². The maximum absolute atomic E-state index is 11.4. The summed E-state index contributed by atoms with van der Waals surface area (Å²) in [6.07, 6.45) is 12.6. The second-order valence-electron chi connectivity index (χ2n) is 15.1. The Labute approximate surface area is 298 Å². The second-order valence-corrected chi connectivity index (χ2v) is 15.1. The Balaban J connectivity index is 1.04. The highest BCUT2D eigenvalue weighted by atomic mass is 16.5. The molecule has 0 bridgehead atoms. The van der Waals surface area contributed by atoms with Gasteiger partial charge in [-0.3, -0.25) is 4.90 Å². The van der Waals surface area contributed by atoms with Crippen LogP contribution in [0.5, 0.6) is 11.5 Å². The SMILES string of the molecule is C#C[C@]1(O)CC[C@H]2[C@@H]3CCc4cc(O)cc(CN(C)CCOc5ccc(/C(=C(/CC)c6ccccc6)c6ccccc6)cc5)c4[C@H]3CCC21C. The lowest BCUT2D eigenvalue weighted by Gasteiger charge is -2.52. The summed E-state index contributed by atoms with van der Waals surface area (Å²) in [6.45, 7) is 6.55. The lowest BCUT2D eigenvalue weighted by Crippen LogP contribution is -2.50. The number of rotatable bonds is 10. The van der Waals surface area contributed by atoms with E-state index in [4.69, 9.17) is 11.2 Å². The summed E-state index contributed by atoms with van der Waals surface area (Å²) in [4.78, 5) is 2.30. The minimum absolute atomic E-state index is 0.219. The van der Waals surface area contributed by atoms with Crippen LogP contribution in [0.3, 0.4) is 0 Å². The van der Waals surface area contributed by atoms with Gasteiger partial charge in [0.15, 0.2) is 0 Å².